The minimum Gasteiger partial charge on any atom is -0.496 e. The lowest BCUT2D eigenvalue weighted by Crippen LogP contribution is -2.01. The molecular formula is C11H13FO2. The summed E-state index contributed by atoms with van der Waals surface area (Å²) in [7, 11) is 1.49. The lowest BCUT2D eigenvalue weighted by molar-refractivity contribution is -0.116. The summed E-state index contributed by atoms with van der Waals surface area (Å²) in [6, 6.07) is 2.96. The third-order valence-corrected chi connectivity index (χ3v) is 2.00. The van der Waals surface area contributed by atoms with E-state index in [0.29, 0.717) is 11.3 Å². The van der Waals surface area contributed by atoms with Gasteiger partial charge in [-0.1, -0.05) is 0 Å². The second-order valence-electron chi connectivity index (χ2n) is 3.29. The van der Waals surface area contributed by atoms with Crippen LogP contribution in [0.4, 0.5) is 4.39 Å². The third kappa shape index (κ3) is 2.31. The van der Waals surface area contributed by atoms with Crippen LogP contribution in [0.3, 0.4) is 0 Å². The van der Waals surface area contributed by atoms with Gasteiger partial charge in [0, 0.05) is 12.5 Å². The zero-order valence-electron chi connectivity index (χ0n) is 8.56. The summed E-state index contributed by atoms with van der Waals surface area (Å²) in [6.45, 7) is 3.26. The van der Waals surface area contributed by atoms with Crippen LogP contribution in [0.1, 0.15) is 18.1 Å². The summed E-state index contributed by atoms with van der Waals surface area (Å²) in [4.78, 5) is 10.8. The van der Waals surface area contributed by atoms with Gasteiger partial charge in [-0.15, -0.1) is 0 Å². The number of Topliss-reactive ketones (excluding diaryl/α,β-unsaturated/α-hetero) is 1. The van der Waals surface area contributed by atoms with Gasteiger partial charge in [-0.25, -0.2) is 4.39 Å². The summed E-state index contributed by atoms with van der Waals surface area (Å²) in [5.74, 6) is 0.0749. The average molecular weight is 196 g/mol. The monoisotopic (exact) mass is 196 g/mol. The molecule has 0 saturated carbocycles. The number of methoxy groups -OCH3 is 1. The van der Waals surface area contributed by atoms with Gasteiger partial charge in [-0.2, -0.15) is 0 Å². The van der Waals surface area contributed by atoms with Crippen molar-refractivity contribution in [1.29, 1.82) is 0 Å². The molecule has 1 aromatic carbocycles. The molecule has 76 valence electrons. The Labute approximate surface area is 82.7 Å². The fourth-order valence-corrected chi connectivity index (χ4v) is 1.35. The first-order chi connectivity index (χ1) is 6.54. The van der Waals surface area contributed by atoms with Crippen LogP contribution in [0, 0.1) is 12.7 Å². The van der Waals surface area contributed by atoms with Crippen molar-refractivity contribution in [2.75, 3.05) is 7.11 Å². The van der Waals surface area contributed by atoms with Gasteiger partial charge in [0.15, 0.2) is 0 Å². The quantitative estimate of drug-likeness (QED) is 0.741. The molecule has 0 fully saturated rings. The van der Waals surface area contributed by atoms with Crippen molar-refractivity contribution in [2.24, 2.45) is 0 Å². The van der Waals surface area contributed by atoms with Crippen LogP contribution < -0.4 is 4.74 Å². The van der Waals surface area contributed by atoms with Gasteiger partial charge in [0.25, 0.3) is 0 Å². The van der Waals surface area contributed by atoms with Crippen LogP contribution >= 0.6 is 0 Å². The molecule has 0 heterocycles. The smallest absolute Gasteiger partial charge is 0.134 e. The highest BCUT2D eigenvalue weighted by Crippen LogP contribution is 2.22. The van der Waals surface area contributed by atoms with E-state index in [2.05, 4.69) is 0 Å². The maximum absolute atomic E-state index is 13.3. The molecule has 0 spiro atoms. The summed E-state index contributed by atoms with van der Waals surface area (Å²) in [6.07, 6.45) is 0.136. The molecule has 0 aliphatic heterocycles. The van der Waals surface area contributed by atoms with Crippen LogP contribution in [0.15, 0.2) is 12.1 Å². The first-order valence-corrected chi connectivity index (χ1v) is 4.37. The first kappa shape index (κ1) is 10.7. The number of rotatable bonds is 3. The van der Waals surface area contributed by atoms with Crippen molar-refractivity contribution in [3.8, 4) is 5.75 Å². The van der Waals surface area contributed by atoms with E-state index in [1.807, 2.05) is 6.92 Å². The highest BCUT2D eigenvalue weighted by molar-refractivity contribution is 5.78. The van der Waals surface area contributed by atoms with E-state index in [4.69, 9.17) is 4.74 Å². The Hall–Kier alpha value is -1.38. The van der Waals surface area contributed by atoms with Crippen molar-refractivity contribution in [2.45, 2.75) is 20.3 Å². The number of ether oxygens (including phenoxy) is 1. The Morgan fingerprint density at radius 1 is 1.50 bits per heavy atom. The lowest BCUT2D eigenvalue weighted by Gasteiger charge is -2.07. The van der Waals surface area contributed by atoms with Crippen LogP contribution in [0.25, 0.3) is 0 Å². The molecule has 2 nitrogen and oxygen atoms in total. The Morgan fingerprint density at radius 2 is 2.14 bits per heavy atom. The number of carbonyl (C=O) groups is 1. The topological polar surface area (TPSA) is 26.3 Å². The molecule has 0 radical (unpaired) electrons. The molecule has 0 saturated heterocycles. The summed E-state index contributed by atoms with van der Waals surface area (Å²) >= 11 is 0. The van der Waals surface area contributed by atoms with Crippen LogP contribution in [-0.2, 0) is 11.2 Å². The van der Waals surface area contributed by atoms with Crippen LogP contribution in [0.5, 0.6) is 5.75 Å². The van der Waals surface area contributed by atoms with E-state index in [0.717, 1.165) is 5.56 Å². The van der Waals surface area contributed by atoms with Crippen molar-refractivity contribution in [3.63, 3.8) is 0 Å². The maximum atomic E-state index is 13.3. The fraction of sp³-hybridized carbons (Fsp3) is 0.364. The zero-order chi connectivity index (χ0) is 10.7. The number of carbonyl (C=O) groups excluding carboxylic acids is 1. The number of halogens is 1. The van der Waals surface area contributed by atoms with E-state index < -0.39 is 0 Å². The van der Waals surface area contributed by atoms with Gasteiger partial charge in [-0.05, 0) is 31.0 Å². The Bertz CT molecular complexity index is 359. The van der Waals surface area contributed by atoms with Crippen LogP contribution in [-0.4, -0.2) is 12.9 Å². The Balaban J connectivity index is 3.08. The predicted octanol–water partition coefficient (Wildman–Crippen LogP) is 2.27. The normalized spacial score (nSPS) is 10.0. The largest absolute Gasteiger partial charge is 0.496 e. The molecule has 3 heteroatoms. The van der Waals surface area contributed by atoms with Crippen molar-refractivity contribution >= 4 is 5.78 Å². The van der Waals surface area contributed by atoms with Crippen molar-refractivity contribution < 1.29 is 13.9 Å². The predicted molar refractivity (Wildman–Crippen MR) is 52.1 cm³/mol. The number of hydrogen-bond acceptors (Lipinski definition) is 2. The van der Waals surface area contributed by atoms with E-state index >= 15 is 0 Å². The van der Waals surface area contributed by atoms with Gasteiger partial charge in [0.1, 0.15) is 17.3 Å². The number of ketones is 1. The average Bonchev–Trinajstić information content (AvgIpc) is 2.10. The lowest BCUT2D eigenvalue weighted by atomic mass is 10.1. The summed E-state index contributed by atoms with van der Waals surface area (Å²) < 4.78 is 18.3. The Morgan fingerprint density at radius 3 is 2.64 bits per heavy atom. The van der Waals surface area contributed by atoms with Gasteiger partial charge in [-0.3, -0.25) is 4.79 Å². The molecule has 0 amide bonds. The molecule has 0 bridgehead atoms. The number of hydrogen-bond donors (Lipinski definition) is 0. The molecule has 1 rings (SSSR count). The molecule has 0 atom stereocenters. The molecular weight excluding hydrogens is 183 g/mol. The van der Waals surface area contributed by atoms with E-state index in [1.54, 1.807) is 6.07 Å². The summed E-state index contributed by atoms with van der Waals surface area (Å²) in [5, 5.41) is 0. The fourth-order valence-electron chi connectivity index (χ4n) is 1.35. The zero-order valence-corrected chi connectivity index (χ0v) is 8.56. The SMILES string of the molecule is COc1cc(F)c(CC(C)=O)cc1C. The highest BCUT2D eigenvalue weighted by atomic mass is 19.1. The van der Waals surface area contributed by atoms with Gasteiger partial charge in [0.2, 0.25) is 0 Å². The summed E-state index contributed by atoms with van der Waals surface area (Å²) in [5.41, 5.74) is 1.26. The van der Waals surface area contributed by atoms with E-state index in [-0.39, 0.29) is 18.0 Å². The Kier molecular flexibility index (Phi) is 3.23. The van der Waals surface area contributed by atoms with E-state index in [1.165, 1.54) is 20.1 Å². The molecule has 14 heavy (non-hydrogen) atoms. The molecule has 0 N–H and O–H groups in total. The van der Waals surface area contributed by atoms with Crippen molar-refractivity contribution in [3.05, 3.63) is 29.1 Å². The molecule has 0 aromatic heterocycles. The number of benzene rings is 1. The molecule has 0 aliphatic rings. The van der Waals surface area contributed by atoms with Gasteiger partial charge >= 0.3 is 0 Å². The molecule has 0 unspecified atom stereocenters. The van der Waals surface area contributed by atoms with Gasteiger partial charge in [0.05, 0.1) is 7.11 Å². The number of aryl methyl sites for hydroxylation is 1. The molecule has 1 aromatic rings. The third-order valence-electron chi connectivity index (χ3n) is 2.00. The first-order valence-electron chi connectivity index (χ1n) is 4.37. The standard InChI is InChI=1S/C11H13FO2/c1-7-4-9(5-8(2)13)10(12)6-11(7)14-3/h4,6H,5H2,1-3H3. The highest BCUT2D eigenvalue weighted by Gasteiger charge is 2.08. The van der Waals surface area contributed by atoms with Gasteiger partial charge < -0.3 is 4.74 Å². The van der Waals surface area contributed by atoms with Crippen LogP contribution in [0.2, 0.25) is 0 Å². The maximum Gasteiger partial charge on any atom is 0.134 e. The minimum atomic E-state index is -0.386. The minimum absolute atomic E-state index is 0.0477. The second-order valence-corrected chi connectivity index (χ2v) is 3.29. The van der Waals surface area contributed by atoms with Crippen molar-refractivity contribution in [1.82, 2.24) is 0 Å². The second kappa shape index (κ2) is 4.22. The molecule has 0 aliphatic carbocycles. The van der Waals surface area contributed by atoms with E-state index in [9.17, 15) is 9.18 Å².